The average molecular weight is 432 g/mol. The Bertz CT molecular complexity index is 803. The molecule has 0 aromatic carbocycles. The third kappa shape index (κ3) is 4.51. The number of piperidine rings is 1. The zero-order valence-corrected chi connectivity index (χ0v) is 19.2. The van der Waals surface area contributed by atoms with Crippen molar-refractivity contribution in [2.45, 2.75) is 58.5 Å². The van der Waals surface area contributed by atoms with E-state index in [1.165, 1.54) is 0 Å². The van der Waals surface area contributed by atoms with Crippen molar-refractivity contribution >= 4 is 11.8 Å². The number of likely N-dealkylation sites (tertiary alicyclic amines) is 1. The van der Waals surface area contributed by atoms with Gasteiger partial charge in [-0.15, -0.1) is 0 Å². The third-order valence-corrected chi connectivity index (χ3v) is 7.71. The minimum Gasteiger partial charge on any atom is -0.379 e. The van der Waals surface area contributed by atoms with Gasteiger partial charge < -0.3 is 15.0 Å². The Hall–Kier alpha value is -1.93. The van der Waals surface area contributed by atoms with Crippen LogP contribution in [0.25, 0.3) is 0 Å². The van der Waals surface area contributed by atoms with Crippen molar-refractivity contribution in [3.63, 3.8) is 0 Å². The molecule has 1 N–H and O–H groups in total. The van der Waals surface area contributed by atoms with Crippen LogP contribution in [-0.4, -0.2) is 76.8 Å². The van der Waals surface area contributed by atoms with Gasteiger partial charge in [-0.05, 0) is 38.5 Å². The first kappa shape index (κ1) is 22.3. The number of hydrogen-bond donors (Lipinski definition) is 1. The van der Waals surface area contributed by atoms with E-state index in [9.17, 15) is 9.59 Å². The topological polar surface area (TPSA) is 79.7 Å². The molecule has 0 bridgehead atoms. The lowest BCUT2D eigenvalue weighted by molar-refractivity contribution is -0.151. The second-order valence-electron chi connectivity index (χ2n) is 9.48. The third-order valence-electron chi connectivity index (χ3n) is 7.71. The van der Waals surface area contributed by atoms with Crippen LogP contribution in [0.15, 0.2) is 6.20 Å². The molecule has 2 saturated heterocycles. The van der Waals surface area contributed by atoms with Gasteiger partial charge in [0, 0.05) is 64.0 Å². The highest BCUT2D eigenvalue weighted by Crippen LogP contribution is 2.48. The fraction of sp³-hybridized carbons (Fsp3) is 0.783. The first-order valence-electron chi connectivity index (χ1n) is 11.8. The Morgan fingerprint density at radius 2 is 2.03 bits per heavy atom. The van der Waals surface area contributed by atoms with E-state index in [-0.39, 0.29) is 11.8 Å². The molecule has 0 radical (unpaired) electrons. The molecule has 8 nitrogen and oxygen atoms in total. The fourth-order valence-corrected chi connectivity index (χ4v) is 5.89. The van der Waals surface area contributed by atoms with E-state index in [2.05, 4.69) is 15.3 Å². The molecule has 4 rings (SSSR count). The SMILES string of the molecule is CCC(=O)N1CC[C@@H]2C[C@@H](N3CCOCC3)CC[C@@]2(C(=O)NCc2cn(C)nc2C)C1. The summed E-state index contributed by atoms with van der Waals surface area (Å²) in [5.41, 5.74) is 1.50. The van der Waals surface area contributed by atoms with Gasteiger partial charge in [-0.1, -0.05) is 6.92 Å². The van der Waals surface area contributed by atoms with Crippen LogP contribution in [0.4, 0.5) is 0 Å². The van der Waals surface area contributed by atoms with E-state index in [1.54, 1.807) is 4.68 Å². The molecular weight excluding hydrogens is 394 g/mol. The number of rotatable bonds is 5. The van der Waals surface area contributed by atoms with Gasteiger partial charge in [0.05, 0.1) is 24.3 Å². The van der Waals surface area contributed by atoms with Crippen LogP contribution >= 0.6 is 0 Å². The summed E-state index contributed by atoms with van der Waals surface area (Å²) in [6.45, 7) is 9.25. The lowest BCUT2D eigenvalue weighted by Crippen LogP contribution is -2.61. The molecule has 8 heteroatoms. The minimum absolute atomic E-state index is 0.106. The molecule has 1 aromatic rings. The number of morpholine rings is 1. The zero-order chi connectivity index (χ0) is 22.0. The van der Waals surface area contributed by atoms with Crippen LogP contribution in [0.2, 0.25) is 0 Å². The van der Waals surface area contributed by atoms with Crippen molar-refractivity contribution in [2.75, 3.05) is 39.4 Å². The van der Waals surface area contributed by atoms with Crippen LogP contribution < -0.4 is 5.32 Å². The molecule has 1 aromatic heterocycles. The van der Waals surface area contributed by atoms with Gasteiger partial charge >= 0.3 is 0 Å². The van der Waals surface area contributed by atoms with Crippen molar-refractivity contribution in [3.05, 3.63) is 17.5 Å². The highest BCUT2D eigenvalue weighted by Gasteiger charge is 2.53. The van der Waals surface area contributed by atoms with Gasteiger partial charge in [0.25, 0.3) is 0 Å². The van der Waals surface area contributed by atoms with E-state index >= 15 is 0 Å². The molecule has 0 spiro atoms. The molecule has 0 unspecified atom stereocenters. The number of fused-ring (bicyclic) bond motifs is 1. The van der Waals surface area contributed by atoms with Gasteiger partial charge in [-0.25, -0.2) is 0 Å². The standard InChI is InChI=1S/C23H37N5O3/c1-4-21(29)28-8-6-19-13-20(27-9-11-31-12-10-27)5-7-23(19,16-28)22(30)24-14-18-15-26(3)25-17(18)2/h15,19-20H,4-14,16H2,1-3H3,(H,24,30)/t19-,20+,23-/m1/s1. The number of amides is 2. The molecule has 2 aliphatic heterocycles. The number of nitrogens with zero attached hydrogens (tertiary/aromatic N) is 4. The number of ether oxygens (including phenoxy) is 1. The molecule has 1 saturated carbocycles. The van der Waals surface area contributed by atoms with Gasteiger partial charge in [0.2, 0.25) is 11.8 Å². The Morgan fingerprint density at radius 1 is 1.26 bits per heavy atom. The van der Waals surface area contributed by atoms with Crippen molar-refractivity contribution < 1.29 is 14.3 Å². The second kappa shape index (κ2) is 9.28. The van der Waals surface area contributed by atoms with Crippen LogP contribution in [0.5, 0.6) is 0 Å². The molecule has 31 heavy (non-hydrogen) atoms. The van der Waals surface area contributed by atoms with E-state index in [4.69, 9.17) is 4.74 Å². The van der Waals surface area contributed by atoms with Gasteiger partial charge in [-0.2, -0.15) is 5.10 Å². The Labute approximate surface area is 185 Å². The quantitative estimate of drug-likeness (QED) is 0.764. The van der Waals surface area contributed by atoms with Gasteiger partial charge in [-0.3, -0.25) is 19.2 Å². The molecule has 1 aliphatic carbocycles. The maximum atomic E-state index is 13.7. The summed E-state index contributed by atoms with van der Waals surface area (Å²) in [5.74, 6) is 0.573. The number of carbonyl (C=O) groups excluding carboxylic acids is 2. The first-order valence-corrected chi connectivity index (χ1v) is 11.8. The van der Waals surface area contributed by atoms with Crippen LogP contribution in [0.1, 0.15) is 50.3 Å². The number of carbonyl (C=O) groups is 2. The summed E-state index contributed by atoms with van der Waals surface area (Å²) < 4.78 is 7.32. The largest absolute Gasteiger partial charge is 0.379 e. The van der Waals surface area contributed by atoms with Crippen LogP contribution in [0.3, 0.4) is 0 Å². The van der Waals surface area contributed by atoms with Crippen molar-refractivity contribution in [2.24, 2.45) is 18.4 Å². The van der Waals surface area contributed by atoms with Crippen molar-refractivity contribution in [1.82, 2.24) is 24.9 Å². The maximum Gasteiger partial charge on any atom is 0.228 e. The summed E-state index contributed by atoms with van der Waals surface area (Å²) in [4.78, 5) is 30.7. The first-order chi connectivity index (χ1) is 14.9. The molecule has 3 heterocycles. The van der Waals surface area contributed by atoms with Crippen molar-refractivity contribution in [3.8, 4) is 0 Å². The minimum atomic E-state index is -0.484. The highest BCUT2D eigenvalue weighted by atomic mass is 16.5. The Balaban J connectivity index is 1.50. The predicted octanol–water partition coefficient (Wildman–Crippen LogP) is 1.47. The number of aryl methyl sites for hydroxylation is 2. The monoisotopic (exact) mass is 431 g/mol. The Morgan fingerprint density at radius 3 is 2.71 bits per heavy atom. The maximum absolute atomic E-state index is 13.7. The van der Waals surface area contributed by atoms with E-state index in [0.717, 1.165) is 69.8 Å². The number of nitrogens with one attached hydrogen (secondary N) is 1. The predicted molar refractivity (Wildman–Crippen MR) is 117 cm³/mol. The smallest absolute Gasteiger partial charge is 0.228 e. The average Bonchev–Trinajstić information content (AvgIpc) is 3.13. The molecule has 172 valence electrons. The summed E-state index contributed by atoms with van der Waals surface area (Å²) in [5, 5.41) is 7.61. The summed E-state index contributed by atoms with van der Waals surface area (Å²) in [6, 6.07) is 0.517. The van der Waals surface area contributed by atoms with Crippen LogP contribution in [0, 0.1) is 18.3 Å². The van der Waals surface area contributed by atoms with Crippen molar-refractivity contribution in [1.29, 1.82) is 0 Å². The molecular formula is C23H37N5O3. The van der Waals surface area contributed by atoms with Gasteiger partial charge in [0.15, 0.2) is 0 Å². The number of hydrogen-bond acceptors (Lipinski definition) is 5. The summed E-state index contributed by atoms with van der Waals surface area (Å²) in [7, 11) is 1.90. The van der Waals surface area contributed by atoms with E-state index in [0.29, 0.717) is 31.5 Å². The Kier molecular flexibility index (Phi) is 6.67. The van der Waals surface area contributed by atoms with E-state index < -0.39 is 5.41 Å². The summed E-state index contributed by atoms with van der Waals surface area (Å²) in [6.07, 6.45) is 6.25. The normalized spacial score (nSPS) is 29.5. The fourth-order valence-electron chi connectivity index (χ4n) is 5.89. The lowest BCUT2D eigenvalue weighted by Gasteiger charge is -2.53. The molecule has 2 amide bonds. The van der Waals surface area contributed by atoms with E-state index in [1.807, 2.05) is 32.0 Å². The number of aromatic nitrogens is 2. The lowest BCUT2D eigenvalue weighted by atomic mass is 9.60. The molecule has 3 fully saturated rings. The zero-order valence-electron chi connectivity index (χ0n) is 19.2. The molecule has 3 aliphatic rings. The highest BCUT2D eigenvalue weighted by molar-refractivity contribution is 5.85. The van der Waals surface area contributed by atoms with Gasteiger partial charge in [0.1, 0.15) is 0 Å². The van der Waals surface area contributed by atoms with Crippen LogP contribution in [-0.2, 0) is 27.9 Å². The summed E-state index contributed by atoms with van der Waals surface area (Å²) >= 11 is 0. The second-order valence-corrected chi connectivity index (χ2v) is 9.48. The molecule has 3 atom stereocenters.